The van der Waals surface area contributed by atoms with Crippen molar-refractivity contribution in [3.63, 3.8) is 0 Å². The van der Waals surface area contributed by atoms with Crippen LogP contribution in [0.15, 0.2) is 30.3 Å². The number of benzene rings is 1. The molecule has 1 amide bonds. The van der Waals surface area contributed by atoms with Crippen molar-refractivity contribution in [1.82, 2.24) is 15.3 Å². The largest absolute Gasteiger partial charge is 0.430 e. The number of hydrogen-bond donors (Lipinski definition) is 2. The summed E-state index contributed by atoms with van der Waals surface area (Å²) in [4.78, 5) is 33.3. The van der Waals surface area contributed by atoms with Crippen LogP contribution in [0.3, 0.4) is 0 Å². The lowest BCUT2D eigenvalue weighted by atomic mass is 9.98. The minimum Gasteiger partial charge on any atom is -0.354 e. The Kier molecular flexibility index (Phi) is 7.36. The average Bonchev–Trinajstić information content (AvgIpc) is 3.18. The highest BCUT2D eigenvalue weighted by atomic mass is 16.7. The maximum atomic E-state index is 12.5. The second-order valence-corrected chi connectivity index (χ2v) is 6.32. The summed E-state index contributed by atoms with van der Waals surface area (Å²) in [6.07, 6.45) is 3.45. The van der Waals surface area contributed by atoms with Crippen molar-refractivity contribution in [2.24, 2.45) is 5.73 Å². The number of hydroxylamine groups is 1. The van der Waals surface area contributed by atoms with Gasteiger partial charge in [0.25, 0.3) is 0 Å². The Hall–Kier alpha value is -1.96. The first-order valence-electron chi connectivity index (χ1n) is 8.77. The highest BCUT2D eigenvalue weighted by Gasteiger charge is 2.45. The number of aldehydes is 1. The van der Waals surface area contributed by atoms with Gasteiger partial charge in [-0.3, -0.25) is 14.6 Å². The van der Waals surface area contributed by atoms with E-state index < -0.39 is 11.8 Å². The molecule has 1 unspecified atom stereocenters. The molecule has 0 bridgehead atoms. The van der Waals surface area contributed by atoms with E-state index in [1.807, 2.05) is 30.3 Å². The molecule has 0 saturated carbocycles. The Balaban J connectivity index is 2.17. The summed E-state index contributed by atoms with van der Waals surface area (Å²) in [5, 5.41) is 0. The second-order valence-electron chi connectivity index (χ2n) is 6.32. The maximum Gasteiger partial charge on any atom is 0.430 e. The third-order valence-corrected chi connectivity index (χ3v) is 4.65. The topological polar surface area (TPSA) is 87.9 Å². The minimum absolute atomic E-state index is 0.422. The molecule has 7 heteroatoms. The van der Waals surface area contributed by atoms with E-state index in [4.69, 9.17) is 10.6 Å². The average molecular weight is 348 g/mol. The fourth-order valence-electron chi connectivity index (χ4n) is 3.15. The molecular formula is C18H28N4O3. The molecule has 1 aliphatic rings. The normalized spacial score (nSPS) is 17.0. The lowest BCUT2D eigenvalue weighted by molar-refractivity contribution is -0.129. The summed E-state index contributed by atoms with van der Waals surface area (Å²) < 4.78 is 0. The zero-order valence-electron chi connectivity index (χ0n) is 14.8. The van der Waals surface area contributed by atoms with E-state index in [1.54, 1.807) is 7.05 Å². The van der Waals surface area contributed by atoms with Crippen LogP contribution >= 0.6 is 0 Å². The molecule has 0 aromatic heterocycles. The van der Waals surface area contributed by atoms with Crippen LogP contribution in [0.25, 0.3) is 0 Å². The lowest BCUT2D eigenvalue weighted by Gasteiger charge is -2.43. The fraction of sp³-hybridized carbons (Fsp3) is 0.556. The first-order chi connectivity index (χ1) is 12.1. The highest BCUT2D eigenvalue weighted by molar-refractivity contribution is 5.76. The summed E-state index contributed by atoms with van der Waals surface area (Å²) in [5.41, 5.74) is 7.98. The van der Waals surface area contributed by atoms with Gasteiger partial charge in [0, 0.05) is 33.1 Å². The first-order valence-corrected chi connectivity index (χ1v) is 8.77. The Morgan fingerprint density at radius 2 is 2.04 bits per heavy atom. The van der Waals surface area contributed by atoms with E-state index in [2.05, 4.69) is 10.4 Å². The zero-order valence-corrected chi connectivity index (χ0v) is 14.8. The number of carbonyl (C=O) groups excluding carboxylic acids is 2. The Morgan fingerprint density at radius 1 is 1.36 bits per heavy atom. The van der Waals surface area contributed by atoms with Gasteiger partial charge in [-0.25, -0.2) is 4.79 Å². The number of nitrogens with one attached hydrogen (secondary N) is 1. The van der Waals surface area contributed by atoms with Gasteiger partial charge in [0.2, 0.25) is 0 Å². The third kappa shape index (κ3) is 4.78. The van der Waals surface area contributed by atoms with Crippen LogP contribution in [-0.4, -0.2) is 61.1 Å². The zero-order chi connectivity index (χ0) is 18.1. The van der Waals surface area contributed by atoms with Gasteiger partial charge in [-0.2, -0.15) is 5.48 Å². The van der Waals surface area contributed by atoms with Crippen molar-refractivity contribution in [3.05, 3.63) is 35.9 Å². The fourth-order valence-corrected chi connectivity index (χ4v) is 3.15. The molecule has 3 N–H and O–H groups in total. The molecule has 25 heavy (non-hydrogen) atoms. The molecule has 2 rings (SSSR count). The number of nitrogens with two attached hydrogens (primary N) is 1. The van der Waals surface area contributed by atoms with Gasteiger partial charge in [-0.05, 0) is 31.4 Å². The number of nitrogens with zero attached hydrogens (tertiary/aromatic N) is 2. The Bertz CT molecular complexity index is 549. The molecule has 1 aromatic carbocycles. The van der Waals surface area contributed by atoms with Crippen LogP contribution < -0.4 is 11.2 Å². The molecule has 1 heterocycles. The van der Waals surface area contributed by atoms with Gasteiger partial charge in [0.05, 0.1) is 0 Å². The number of likely N-dealkylation sites (tertiary alicyclic amines) is 1. The van der Waals surface area contributed by atoms with E-state index in [-0.39, 0.29) is 0 Å². The number of carbonyl (C=O) groups is 2. The van der Waals surface area contributed by atoms with Gasteiger partial charge in [0.1, 0.15) is 0 Å². The van der Waals surface area contributed by atoms with Crippen LogP contribution in [0.5, 0.6) is 0 Å². The van der Waals surface area contributed by atoms with Crippen molar-refractivity contribution >= 4 is 12.4 Å². The number of rotatable bonds is 9. The van der Waals surface area contributed by atoms with Gasteiger partial charge < -0.3 is 10.6 Å². The Morgan fingerprint density at radius 3 is 2.64 bits per heavy atom. The maximum absolute atomic E-state index is 12.5. The SMILES string of the molecule is CN(C(=O)ONCCCN)C(C=O)(Cc1ccccc1)N1CCCC1. The minimum atomic E-state index is -1.05. The Labute approximate surface area is 149 Å². The molecule has 1 atom stereocenters. The number of hydrogen-bond acceptors (Lipinski definition) is 6. The third-order valence-electron chi connectivity index (χ3n) is 4.65. The van der Waals surface area contributed by atoms with Crippen LogP contribution in [0, 0.1) is 0 Å². The van der Waals surface area contributed by atoms with Crippen molar-refractivity contribution in [2.75, 3.05) is 33.2 Å². The molecule has 1 saturated heterocycles. The van der Waals surface area contributed by atoms with Gasteiger partial charge in [-0.15, -0.1) is 0 Å². The monoisotopic (exact) mass is 348 g/mol. The van der Waals surface area contributed by atoms with Crippen molar-refractivity contribution < 1.29 is 14.4 Å². The van der Waals surface area contributed by atoms with E-state index in [9.17, 15) is 9.59 Å². The van der Waals surface area contributed by atoms with Gasteiger partial charge in [0.15, 0.2) is 11.9 Å². The van der Waals surface area contributed by atoms with Crippen molar-refractivity contribution in [2.45, 2.75) is 31.3 Å². The van der Waals surface area contributed by atoms with Gasteiger partial charge >= 0.3 is 6.09 Å². The molecule has 1 aliphatic heterocycles. The molecule has 1 fully saturated rings. The molecule has 138 valence electrons. The molecule has 0 spiro atoms. The van der Waals surface area contributed by atoms with Gasteiger partial charge in [-0.1, -0.05) is 30.3 Å². The molecule has 1 aromatic rings. The lowest BCUT2D eigenvalue weighted by Crippen LogP contribution is -2.63. The van der Waals surface area contributed by atoms with E-state index in [0.29, 0.717) is 25.9 Å². The van der Waals surface area contributed by atoms with Crippen molar-refractivity contribution in [3.8, 4) is 0 Å². The van der Waals surface area contributed by atoms with Crippen LogP contribution in [-0.2, 0) is 16.1 Å². The summed E-state index contributed by atoms with van der Waals surface area (Å²) >= 11 is 0. The van der Waals surface area contributed by atoms with Crippen LogP contribution in [0.1, 0.15) is 24.8 Å². The van der Waals surface area contributed by atoms with E-state index >= 15 is 0 Å². The molecule has 7 nitrogen and oxygen atoms in total. The summed E-state index contributed by atoms with van der Waals surface area (Å²) in [7, 11) is 1.61. The quantitative estimate of drug-likeness (QED) is 0.395. The van der Waals surface area contributed by atoms with E-state index in [0.717, 1.165) is 37.8 Å². The number of likely N-dealkylation sites (N-methyl/N-ethyl adjacent to an activating group) is 1. The predicted molar refractivity (Wildman–Crippen MR) is 95.7 cm³/mol. The van der Waals surface area contributed by atoms with E-state index in [1.165, 1.54) is 4.90 Å². The van der Waals surface area contributed by atoms with Crippen molar-refractivity contribution in [1.29, 1.82) is 0 Å². The summed E-state index contributed by atoms with van der Waals surface area (Å²) in [5.74, 6) is 0. The summed E-state index contributed by atoms with van der Waals surface area (Å²) in [6.45, 7) is 2.56. The highest BCUT2D eigenvalue weighted by Crippen LogP contribution is 2.27. The second kappa shape index (κ2) is 9.50. The standard InChI is InChI=1S/C18H28N4O3/c1-21(17(24)25-20-11-7-10-19)18(15-23,22-12-5-6-13-22)14-16-8-3-2-4-9-16/h2-4,8-9,15,20H,5-7,10-14,19H2,1H3. The molecule has 0 radical (unpaired) electrons. The molecular weight excluding hydrogens is 320 g/mol. The number of amides is 1. The predicted octanol–water partition coefficient (Wildman–Crippen LogP) is 1.14. The molecule has 0 aliphatic carbocycles. The van der Waals surface area contributed by atoms with Crippen LogP contribution in [0.4, 0.5) is 4.79 Å². The summed E-state index contributed by atoms with van der Waals surface area (Å²) in [6, 6.07) is 9.73. The van der Waals surface area contributed by atoms with Crippen LogP contribution in [0.2, 0.25) is 0 Å². The first kappa shape index (κ1) is 19.4. The smallest absolute Gasteiger partial charge is 0.354 e.